The Labute approximate surface area is 157 Å². The van der Waals surface area contributed by atoms with Crippen molar-refractivity contribution in [2.45, 2.75) is 25.8 Å². The van der Waals surface area contributed by atoms with Gasteiger partial charge < -0.3 is 15.5 Å². The van der Waals surface area contributed by atoms with Crippen molar-refractivity contribution in [3.8, 4) is 0 Å². The van der Waals surface area contributed by atoms with Gasteiger partial charge in [-0.05, 0) is 53.4 Å². The third kappa shape index (κ3) is 3.92. The van der Waals surface area contributed by atoms with E-state index in [1.807, 2.05) is 24.3 Å². The molecule has 0 radical (unpaired) electrons. The SMILES string of the molecule is CC1CCNCC1NC(=O)C1CCN(c2ccccc2Br)C1=O.Cl. The molecule has 3 atom stereocenters. The molecule has 0 spiro atoms. The molecule has 132 valence electrons. The Morgan fingerprint density at radius 1 is 1.33 bits per heavy atom. The van der Waals surface area contributed by atoms with Crippen LogP contribution in [-0.4, -0.2) is 37.5 Å². The number of anilines is 1. The summed E-state index contributed by atoms with van der Waals surface area (Å²) in [4.78, 5) is 26.9. The topological polar surface area (TPSA) is 61.4 Å². The van der Waals surface area contributed by atoms with E-state index in [4.69, 9.17) is 0 Å². The van der Waals surface area contributed by atoms with Crippen LogP contribution < -0.4 is 15.5 Å². The van der Waals surface area contributed by atoms with Gasteiger partial charge in [0.1, 0.15) is 5.92 Å². The molecule has 1 aromatic rings. The zero-order valence-corrected chi connectivity index (χ0v) is 16.0. The number of amides is 2. The van der Waals surface area contributed by atoms with E-state index in [9.17, 15) is 9.59 Å². The number of carbonyl (C=O) groups is 2. The molecule has 3 rings (SSSR count). The number of nitrogens with one attached hydrogen (secondary N) is 2. The second-order valence-corrected chi connectivity index (χ2v) is 7.22. The first-order chi connectivity index (χ1) is 11.1. The Morgan fingerprint density at radius 3 is 2.79 bits per heavy atom. The van der Waals surface area contributed by atoms with Gasteiger partial charge in [0.2, 0.25) is 11.8 Å². The van der Waals surface area contributed by atoms with Gasteiger partial charge in [-0.25, -0.2) is 0 Å². The van der Waals surface area contributed by atoms with Crippen molar-refractivity contribution in [1.82, 2.24) is 10.6 Å². The van der Waals surface area contributed by atoms with Gasteiger partial charge in [0.25, 0.3) is 0 Å². The van der Waals surface area contributed by atoms with Crippen LogP contribution in [0.2, 0.25) is 0 Å². The summed E-state index contributed by atoms with van der Waals surface area (Å²) < 4.78 is 0.875. The Bertz CT molecular complexity index is 613. The number of rotatable bonds is 3. The second-order valence-electron chi connectivity index (χ2n) is 6.37. The summed E-state index contributed by atoms with van der Waals surface area (Å²) in [6.07, 6.45) is 1.62. The van der Waals surface area contributed by atoms with Crippen LogP contribution >= 0.6 is 28.3 Å². The second kappa shape index (κ2) is 8.32. The molecule has 2 amide bonds. The van der Waals surface area contributed by atoms with Crippen LogP contribution in [0.4, 0.5) is 5.69 Å². The van der Waals surface area contributed by atoms with Crippen LogP contribution in [0, 0.1) is 11.8 Å². The molecule has 7 heteroatoms. The van der Waals surface area contributed by atoms with Crippen LogP contribution in [0.5, 0.6) is 0 Å². The smallest absolute Gasteiger partial charge is 0.239 e. The fraction of sp³-hybridized carbons (Fsp3) is 0.529. The lowest BCUT2D eigenvalue weighted by molar-refractivity contribution is -0.132. The van der Waals surface area contributed by atoms with Gasteiger partial charge in [0.05, 0.1) is 5.69 Å². The maximum absolute atomic E-state index is 12.7. The summed E-state index contributed by atoms with van der Waals surface area (Å²) in [5.74, 6) is -0.372. The first kappa shape index (κ1) is 19.2. The van der Waals surface area contributed by atoms with Crippen molar-refractivity contribution in [3.05, 3.63) is 28.7 Å². The highest BCUT2D eigenvalue weighted by Crippen LogP contribution is 2.31. The standard InChI is InChI=1S/C17H22BrN3O2.ClH/c1-11-6-8-19-10-14(11)20-16(22)12-7-9-21(17(12)23)15-5-3-2-4-13(15)18;/h2-5,11-12,14,19H,6-10H2,1H3,(H,20,22);1H. The lowest BCUT2D eigenvalue weighted by atomic mass is 9.94. The summed E-state index contributed by atoms with van der Waals surface area (Å²) >= 11 is 3.48. The van der Waals surface area contributed by atoms with E-state index in [1.54, 1.807) is 4.90 Å². The van der Waals surface area contributed by atoms with Crippen LogP contribution in [-0.2, 0) is 9.59 Å². The molecule has 0 saturated carbocycles. The lowest BCUT2D eigenvalue weighted by Crippen LogP contribution is -2.52. The summed E-state index contributed by atoms with van der Waals surface area (Å²) in [6.45, 7) is 4.50. The van der Waals surface area contributed by atoms with Crippen LogP contribution in [0.3, 0.4) is 0 Å². The van der Waals surface area contributed by atoms with Crippen molar-refractivity contribution in [2.24, 2.45) is 11.8 Å². The number of hydrogen-bond acceptors (Lipinski definition) is 3. The maximum atomic E-state index is 12.7. The minimum Gasteiger partial charge on any atom is -0.351 e. The van der Waals surface area contributed by atoms with Gasteiger partial charge in [-0.2, -0.15) is 0 Å². The average Bonchev–Trinajstić information content (AvgIpc) is 2.92. The van der Waals surface area contributed by atoms with Gasteiger partial charge in [-0.1, -0.05) is 19.1 Å². The fourth-order valence-electron chi connectivity index (χ4n) is 3.30. The first-order valence-corrected chi connectivity index (χ1v) is 8.94. The van der Waals surface area contributed by atoms with Crippen molar-refractivity contribution in [1.29, 1.82) is 0 Å². The average molecular weight is 417 g/mol. The lowest BCUT2D eigenvalue weighted by Gasteiger charge is -2.30. The van der Waals surface area contributed by atoms with Crippen LogP contribution in [0.15, 0.2) is 28.7 Å². The molecule has 1 aromatic carbocycles. The zero-order chi connectivity index (χ0) is 16.4. The molecule has 2 saturated heterocycles. The number of benzene rings is 1. The minimum absolute atomic E-state index is 0. The summed E-state index contributed by atoms with van der Waals surface area (Å²) in [6, 6.07) is 7.73. The van der Waals surface area contributed by atoms with Gasteiger partial charge in [-0.3, -0.25) is 9.59 Å². The molecular formula is C17H23BrClN3O2. The summed E-state index contributed by atoms with van der Waals surface area (Å²) in [5, 5.41) is 6.37. The molecule has 3 unspecified atom stereocenters. The monoisotopic (exact) mass is 415 g/mol. The highest BCUT2D eigenvalue weighted by atomic mass is 79.9. The Balaban J connectivity index is 0.00000208. The molecule has 2 aliphatic heterocycles. The van der Waals surface area contributed by atoms with Crippen LogP contribution in [0.25, 0.3) is 0 Å². The minimum atomic E-state index is -0.573. The predicted molar refractivity (Wildman–Crippen MR) is 100 cm³/mol. The van der Waals surface area contributed by atoms with E-state index < -0.39 is 5.92 Å². The third-order valence-corrected chi connectivity index (χ3v) is 5.49. The molecule has 0 aliphatic carbocycles. The molecule has 2 fully saturated rings. The number of hydrogen-bond donors (Lipinski definition) is 2. The Hall–Kier alpha value is -1.11. The van der Waals surface area contributed by atoms with Crippen molar-refractivity contribution < 1.29 is 9.59 Å². The molecule has 0 bridgehead atoms. The highest BCUT2D eigenvalue weighted by Gasteiger charge is 2.39. The van der Waals surface area contributed by atoms with Crippen molar-refractivity contribution >= 4 is 45.8 Å². The van der Waals surface area contributed by atoms with Crippen molar-refractivity contribution in [2.75, 3.05) is 24.5 Å². The van der Waals surface area contributed by atoms with E-state index in [2.05, 4.69) is 33.5 Å². The predicted octanol–water partition coefficient (Wildman–Crippen LogP) is 2.34. The molecule has 0 aromatic heterocycles. The maximum Gasteiger partial charge on any atom is 0.239 e. The van der Waals surface area contributed by atoms with Crippen molar-refractivity contribution in [3.63, 3.8) is 0 Å². The molecule has 2 aliphatic rings. The van der Waals surface area contributed by atoms with Crippen LogP contribution in [0.1, 0.15) is 19.8 Å². The Morgan fingerprint density at radius 2 is 2.08 bits per heavy atom. The Kier molecular flexibility index (Phi) is 6.66. The van der Waals surface area contributed by atoms with E-state index in [1.165, 1.54) is 0 Å². The van der Waals surface area contributed by atoms with E-state index >= 15 is 0 Å². The van der Waals surface area contributed by atoms with Gasteiger partial charge >= 0.3 is 0 Å². The van der Waals surface area contributed by atoms with E-state index in [-0.39, 0.29) is 30.3 Å². The third-order valence-electron chi connectivity index (χ3n) is 4.82. The highest BCUT2D eigenvalue weighted by molar-refractivity contribution is 9.10. The summed E-state index contributed by atoms with van der Waals surface area (Å²) in [5.41, 5.74) is 0.834. The number of nitrogens with zero attached hydrogens (tertiary/aromatic N) is 1. The molecule has 24 heavy (non-hydrogen) atoms. The number of carbonyl (C=O) groups excluding carboxylic acids is 2. The number of piperidine rings is 1. The number of halogens is 2. The fourth-order valence-corrected chi connectivity index (χ4v) is 3.80. The normalized spacial score (nSPS) is 26.8. The molecule has 2 heterocycles. The molecular weight excluding hydrogens is 394 g/mol. The largest absolute Gasteiger partial charge is 0.351 e. The quantitative estimate of drug-likeness (QED) is 0.744. The number of para-hydroxylation sites is 1. The summed E-state index contributed by atoms with van der Waals surface area (Å²) in [7, 11) is 0. The zero-order valence-electron chi connectivity index (χ0n) is 13.6. The van der Waals surface area contributed by atoms with Gasteiger partial charge in [0.15, 0.2) is 0 Å². The van der Waals surface area contributed by atoms with Gasteiger partial charge in [0, 0.05) is 23.6 Å². The van der Waals surface area contributed by atoms with E-state index in [0.717, 1.165) is 29.7 Å². The van der Waals surface area contributed by atoms with Gasteiger partial charge in [-0.15, -0.1) is 12.4 Å². The molecule has 5 nitrogen and oxygen atoms in total. The molecule has 2 N–H and O–H groups in total. The first-order valence-electron chi connectivity index (χ1n) is 8.15. The van der Waals surface area contributed by atoms with E-state index in [0.29, 0.717) is 18.9 Å².